The van der Waals surface area contributed by atoms with Crippen LogP contribution in [0.2, 0.25) is 0 Å². The number of methoxy groups -OCH3 is 1. The Morgan fingerprint density at radius 1 is 1.40 bits per heavy atom. The summed E-state index contributed by atoms with van der Waals surface area (Å²) in [6, 6.07) is 7.40. The van der Waals surface area contributed by atoms with E-state index in [0.717, 1.165) is 17.7 Å². The zero-order chi connectivity index (χ0) is 15.0. The van der Waals surface area contributed by atoms with Crippen LogP contribution in [0.5, 0.6) is 0 Å². The first kappa shape index (κ1) is 16.5. The molecule has 1 unspecified atom stereocenters. The second-order valence-electron chi connectivity index (χ2n) is 5.06. The molecule has 20 heavy (non-hydrogen) atoms. The van der Waals surface area contributed by atoms with Crippen molar-refractivity contribution < 1.29 is 14.6 Å². The molecule has 2 amide bonds. The lowest BCUT2D eigenvalue weighted by atomic mass is 10.00. The van der Waals surface area contributed by atoms with Gasteiger partial charge in [0.1, 0.15) is 0 Å². The van der Waals surface area contributed by atoms with Crippen molar-refractivity contribution >= 4 is 11.7 Å². The van der Waals surface area contributed by atoms with Crippen molar-refractivity contribution in [1.82, 2.24) is 5.32 Å². The molecule has 0 heterocycles. The Morgan fingerprint density at radius 2 is 2.10 bits per heavy atom. The van der Waals surface area contributed by atoms with E-state index in [2.05, 4.69) is 10.6 Å². The minimum absolute atomic E-state index is 0.00825. The van der Waals surface area contributed by atoms with Gasteiger partial charge < -0.3 is 20.5 Å². The number of amides is 2. The van der Waals surface area contributed by atoms with Gasteiger partial charge in [0, 0.05) is 19.4 Å². The molecule has 0 saturated carbocycles. The number of hydrogen-bond donors (Lipinski definition) is 3. The molecule has 5 heteroatoms. The maximum absolute atomic E-state index is 12.1. The van der Waals surface area contributed by atoms with Crippen LogP contribution in [-0.2, 0) is 11.2 Å². The largest absolute Gasteiger partial charge is 0.396 e. The third-order valence-corrected chi connectivity index (χ3v) is 3.19. The third-order valence-electron chi connectivity index (χ3n) is 3.19. The number of anilines is 1. The van der Waals surface area contributed by atoms with Crippen LogP contribution in [0, 0.1) is 0 Å². The number of para-hydroxylation sites is 1. The SMILES string of the molecule is CCc1ccccc1NC(=O)NC(C)(CCO)COC. The van der Waals surface area contributed by atoms with Gasteiger partial charge >= 0.3 is 6.03 Å². The molecule has 112 valence electrons. The first-order chi connectivity index (χ1) is 9.54. The molecule has 0 aromatic heterocycles. The zero-order valence-corrected chi connectivity index (χ0v) is 12.4. The topological polar surface area (TPSA) is 70.6 Å². The summed E-state index contributed by atoms with van der Waals surface area (Å²) in [6.45, 7) is 4.22. The van der Waals surface area contributed by atoms with Crippen LogP contribution in [-0.4, -0.2) is 37.0 Å². The highest BCUT2D eigenvalue weighted by atomic mass is 16.5. The fourth-order valence-corrected chi connectivity index (χ4v) is 2.11. The number of aliphatic hydroxyl groups excluding tert-OH is 1. The molecule has 0 fully saturated rings. The minimum atomic E-state index is -0.589. The normalized spacial score (nSPS) is 13.6. The summed E-state index contributed by atoms with van der Waals surface area (Å²) in [5, 5.41) is 14.8. The highest BCUT2D eigenvalue weighted by Gasteiger charge is 2.26. The fraction of sp³-hybridized carbons (Fsp3) is 0.533. The number of carbonyl (C=O) groups excluding carboxylic acids is 1. The van der Waals surface area contributed by atoms with Crippen LogP contribution in [0.1, 0.15) is 25.8 Å². The van der Waals surface area contributed by atoms with Crippen molar-refractivity contribution in [1.29, 1.82) is 0 Å². The Morgan fingerprint density at radius 3 is 2.70 bits per heavy atom. The minimum Gasteiger partial charge on any atom is -0.396 e. The van der Waals surface area contributed by atoms with Crippen LogP contribution in [0.15, 0.2) is 24.3 Å². The second-order valence-corrected chi connectivity index (χ2v) is 5.06. The molecule has 0 aliphatic carbocycles. The van der Waals surface area contributed by atoms with Crippen molar-refractivity contribution in [3.05, 3.63) is 29.8 Å². The smallest absolute Gasteiger partial charge is 0.319 e. The van der Waals surface area contributed by atoms with Gasteiger partial charge in [0.25, 0.3) is 0 Å². The molecule has 0 spiro atoms. The number of carbonyl (C=O) groups is 1. The number of hydrogen-bond acceptors (Lipinski definition) is 3. The van der Waals surface area contributed by atoms with E-state index in [1.807, 2.05) is 38.1 Å². The van der Waals surface area contributed by atoms with Crippen LogP contribution in [0.3, 0.4) is 0 Å². The molecule has 0 saturated heterocycles. The molecule has 5 nitrogen and oxygen atoms in total. The lowest BCUT2D eigenvalue weighted by Crippen LogP contribution is -2.51. The maximum Gasteiger partial charge on any atom is 0.319 e. The van der Waals surface area contributed by atoms with Crippen LogP contribution >= 0.6 is 0 Å². The van der Waals surface area contributed by atoms with Gasteiger partial charge in [0.15, 0.2) is 0 Å². The average molecular weight is 280 g/mol. The lowest BCUT2D eigenvalue weighted by molar-refractivity contribution is 0.104. The molecule has 3 N–H and O–H groups in total. The Hall–Kier alpha value is -1.59. The van der Waals surface area contributed by atoms with E-state index < -0.39 is 5.54 Å². The summed E-state index contributed by atoms with van der Waals surface area (Å²) >= 11 is 0. The molecule has 0 radical (unpaired) electrons. The van der Waals surface area contributed by atoms with Crippen LogP contribution in [0.25, 0.3) is 0 Å². The second kappa shape index (κ2) is 7.87. The highest BCUT2D eigenvalue weighted by molar-refractivity contribution is 5.90. The number of nitrogens with one attached hydrogen (secondary N) is 2. The molecule has 1 aromatic carbocycles. The van der Waals surface area contributed by atoms with Crippen molar-refractivity contribution in [3.8, 4) is 0 Å². The Balaban J connectivity index is 2.70. The van der Waals surface area contributed by atoms with Gasteiger partial charge in [0.2, 0.25) is 0 Å². The van der Waals surface area contributed by atoms with Crippen molar-refractivity contribution in [3.63, 3.8) is 0 Å². The van der Waals surface area contributed by atoms with E-state index in [0.29, 0.717) is 13.0 Å². The van der Waals surface area contributed by atoms with Gasteiger partial charge in [-0.05, 0) is 31.4 Å². The number of benzene rings is 1. The molecular formula is C15H24N2O3. The van der Waals surface area contributed by atoms with Gasteiger partial charge in [-0.1, -0.05) is 25.1 Å². The fourth-order valence-electron chi connectivity index (χ4n) is 2.11. The number of ether oxygens (including phenoxy) is 1. The van der Waals surface area contributed by atoms with E-state index in [9.17, 15) is 4.79 Å². The van der Waals surface area contributed by atoms with Crippen molar-refractivity contribution in [2.75, 3.05) is 25.6 Å². The maximum atomic E-state index is 12.1. The Kier molecular flexibility index (Phi) is 6.48. The summed E-state index contributed by atoms with van der Waals surface area (Å²) in [4.78, 5) is 12.1. The molecule has 0 aliphatic rings. The van der Waals surface area contributed by atoms with E-state index in [1.54, 1.807) is 7.11 Å². The predicted octanol–water partition coefficient (Wildman–Crippen LogP) is 2.16. The van der Waals surface area contributed by atoms with Crippen LogP contribution in [0.4, 0.5) is 10.5 Å². The lowest BCUT2D eigenvalue weighted by Gasteiger charge is -2.29. The first-order valence-corrected chi connectivity index (χ1v) is 6.81. The van der Waals surface area contributed by atoms with Gasteiger partial charge in [-0.25, -0.2) is 4.79 Å². The summed E-state index contributed by atoms with van der Waals surface area (Å²) in [5.74, 6) is 0. The summed E-state index contributed by atoms with van der Waals surface area (Å²) in [5.41, 5.74) is 1.30. The highest BCUT2D eigenvalue weighted by Crippen LogP contribution is 2.16. The molecule has 1 aromatic rings. The van der Waals surface area contributed by atoms with Crippen LogP contribution < -0.4 is 10.6 Å². The molecule has 1 atom stereocenters. The number of urea groups is 1. The number of aryl methyl sites for hydroxylation is 1. The summed E-state index contributed by atoms with van der Waals surface area (Å²) in [7, 11) is 1.57. The average Bonchev–Trinajstić information content (AvgIpc) is 2.39. The molecule has 0 aliphatic heterocycles. The van der Waals surface area contributed by atoms with E-state index in [1.165, 1.54) is 0 Å². The summed E-state index contributed by atoms with van der Waals surface area (Å²) < 4.78 is 5.10. The van der Waals surface area contributed by atoms with E-state index in [4.69, 9.17) is 9.84 Å². The number of aliphatic hydroxyl groups is 1. The monoisotopic (exact) mass is 280 g/mol. The van der Waals surface area contributed by atoms with E-state index in [-0.39, 0.29) is 12.6 Å². The summed E-state index contributed by atoms with van der Waals surface area (Å²) in [6.07, 6.45) is 1.28. The third kappa shape index (κ3) is 4.83. The van der Waals surface area contributed by atoms with Gasteiger partial charge in [0.05, 0.1) is 12.1 Å². The van der Waals surface area contributed by atoms with E-state index >= 15 is 0 Å². The van der Waals surface area contributed by atoms with Crippen molar-refractivity contribution in [2.24, 2.45) is 0 Å². The predicted molar refractivity (Wildman–Crippen MR) is 80.0 cm³/mol. The Bertz CT molecular complexity index is 429. The Labute approximate surface area is 120 Å². The molecule has 0 bridgehead atoms. The van der Waals surface area contributed by atoms with Crippen molar-refractivity contribution in [2.45, 2.75) is 32.2 Å². The first-order valence-electron chi connectivity index (χ1n) is 6.81. The molecular weight excluding hydrogens is 256 g/mol. The zero-order valence-electron chi connectivity index (χ0n) is 12.4. The molecule has 1 rings (SSSR count). The standard InChI is InChI=1S/C15H24N2O3/c1-4-12-7-5-6-8-13(12)16-14(19)17-15(2,9-10-18)11-20-3/h5-8,18H,4,9-11H2,1-3H3,(H2,16,17,19). The van der Waals surface area contributed by atoms with Gasteiger partial charge in [-0.3, -0.25) is 0 Å². The quantitative estimate of drug-likeness (QED) is 0.717. The number of rotatable bonds is 7. The van der Waals surface area contributed by atoms with Gasteiger partial charge in [-0.2, -0.15) is 0 Å². The van der Waals surface area contributed by atoms with Gasteiger partial charge in [-0.15, -0.1) is 0 Å².